The highest BCUT2D eigenvalue weighted by Gasteiger charge is 2.17. The Morgan fingerprint density at radius 3 is 2.80 bits per heavy atom. The number of azide groups is 1. The fraction of sp³-hybridized carbons (Fsp3) is 0.462. The molecule has 0 aliphatic heterocycles. The first kappa shape index (κ1) is 16.3. The Hall–Kier alpha value is -1.72. The van der Waals surface area contributed by atoms with Crippen molar-refractivity contribution < 1.29 is 9.53 Å². The number of hydrogen-bond donors (Lipinski definition) is 1. The van der Waals surface area contributed by atoms with Gasteiger partial charge >= 0.3 is 6.09 Å². The average molecular weight is 341 g/mol. The predicted molar refractivity (Wildman–Crippen MR) is 81.7 cm³/mol. The second kappa shape index (κ2) is 7.17. The summed E-state index contributed by atoms with van der Waals surface area (Å²) in [6, 6.07) is 5.52. The van der Waals surface area contributed by atoms with Gasteiger partial charge in [-0.05, 0) is 50.4 Å². The average Bonchev–Trinajstić information content (AvgIpc) is 2.29. The summed E-state index contributed by atoms with van der Waals surface area (Å²) >= 11 is 3.36. The molecule has 0 aromatic heterocycles. The number of rotatable bonds is 4. The lowest BCUT2D eigenvalue weighted by molar-refractivity contribution is 0.0636. The van der Waals surface area contributed by atoms with Gasteiger partial charge in [0.1, 0.15) is 5.60 Å². The van der Waals surface area contributed by atoms with E-state index in [1.54, 1.807) is 26.8 Å². The van der Waals surface area contributed by atoms with E-state index in [0.29, 0.717) is 18.7 Å². The van der Waals surface area contributed by atoms with Crippen molar-refractivity contribution in [2.75, 3.05) is 11.9 Å². The largest absolute Gasteiger partial charge is 0.444 e. The monoisotopic (exact) mass is 340 g/mol. The molecular formula is C13H17BrN4O2. The Morgan fingerprint density at radius 2 is 2.20 bits per heavy atom. The zero-order valence-corrected chi connectivity index (χ0v) is 13.3. The molecule has 0 aliphatic rings. The molecule has 0 saturated heterocycles. The van der Waals surface area contributed by atoms with Crippen molar-refractivity contribution in [3.05, 3.63) is 38.7 Å². The third kappa shape index (κ3) is 5.95. The third-order valence-corrected chi connectivity index (χ3v) is 2.75. The van der Waals surface area contributed by atoms with Gasteiger partial charge in [-0.25, -0.2) is 4.79 Å². The Bertz CT molecular complexity index is 534. The first-order valence-electron chi connectivity index (χ1n) is 6.11. The Kier molecular flexibility index (Phi) is 5.85. The summed E-state index contributed by atoms with van der Waals surface area (Å²) in [4.78, 5) is 14.5. The van der Waals surface area contributed by atoms with Crippen LogP contribution in [0, 0.1) is 0 Å². The molecule has 0 aliphatic carbocycles. The Morgan fingerprint density at radius 1 is 1.50 bits per heavy atom. The van der Waals surface area contributed by atoms with Crippen molar-refractivity contribution in [1.29, 1.82) is 0 Å². The molecule has 0 atom stereocenters. The van der Waals surface area contributed by atoms with Gasteiger partial charge in [-0.2, -0.15) is 0 Å². The standard InChI is InChI=1S/C13H17BrN4O2/c1-13(2,3)20-12(19)17-11-8-10(14)5-4-9(11)6-7-16-18-15/h4-5,8H,6-7H2,1-3H3,(H,17,19). The lowest BCUT2D eigenvalue weighted by atomic mass is 10.1. The number of carbonyl (C=O) groups excluding carboxylic acids is 1. The smallest absolute Gasteiger partial charge is 0.412 e. The highest BCUT2D eigenvalue weighted by molar-refractivity contribution is 9.10. The Labute approximate surface area is 126 Å². The highest BCUT2D eigenvalue weighted by Crippen LogP contribution is 2.23. The zero-order valence-electron chi connectivity index (χ0n) is 11.7. The van der Waals surface area contributed by atoms with E-state index < -0.39 is 11.7 Å². The van der Waals surface area contributed by atoms with Crippen molar-refractivity contribution in [3.63, 3.8) is 0 Å². The number of hydrogen-bond acceptors (Lipinski definition) is 3. The van der Waals surface area contributed by atoms with Crippen molar-refractivity contribution in [2.24, 2.45) is 5.11 Å². The number of anilines is 1. The van der Waals surface area contributed by atoms with Gasteiger partial charge in [0.05, 0.1) is 0 Å². The molecule has 0 heterocycles. The summed E-state index contributed by atoms with van der Waals surface area (Å²) in [5, 5.41) is 6.20. The molecule has 0 fully saturated rings. The van der Waals surface area contributed by atoms with Crippen LogP contribution in [0.15, 0.2) is 27.8 Å². The minimum Gasteiger partial charge on any atom is -0.444 e. The molecule has 1 aromatic rings. The van der Waals surface area contributed by atoms with Gasteiger partial charge in [0, 0.05) is 21.6 Å². The SMILES string of the molecule is CC(C)(C)OC(=O)Nc1cc(Br)ccc1CCN=[N+]=[N-]. The van der Waals surface area contributed by atoms with Gasteiger partial charge in [-0.1, -0.05) is 27.1 Å². The van der Waals surface area contributed by atoms with E-state index in [1.807, 2.05) is 12.1 Å². The van der Waals surface area contributed by atoms with E-state index in [4.69, 9.17) is 10.3 Å². The maximum Gasteiger partial charge on any atom is 0.412 e. The quantitative estimate of drug-likeness (QED) is 0.491. The van der Waals surface area contributed by atoms with Crippen LogP contribution in [0.2, 0.25) is 0 Å². The Balaban J connectivity index is 2.83. The molecule has 108 valence electrons. The molecule has 0 saturated carbocycles. The normalized spacial score (nSPS) is 10.6. The molecule has 1 amide bonds. The van der Waals surface area contributed by atoms with Gasteiger partial charge < -0.3 is 4.74 Å². The van der Waals surface area contributed by atoms with Gasteiger partial charge in [-0.15, -0.1) is 0 Å². The number of halogens is 1. The molecule has 6 nitrogen and oxygen atoms in total. The summed E-state index contributed by atoms with van der Waals surface area (Å²) in [5.41, 5.74) is 9.26. The number of benzene rings is 1. The second-order valence-electron chi connectivity index (χ2n) is 5.13. The fourth-order valence-corrected chi connectivity index (χ4v) is 1.87. The van der Waals surface area contributed by atoms with Crippen LogP contribution in [0.4, 0.5) is 10.5 Å². The van der Waals surface area contributed by atoms with Crippen LogP contribution in [0.3, 0.4) is 0 Å². The van der Waals surface area contributed by atoms with Crippen molar-refractivity contribution in [3.8, 4) is 0 Å². The van der Waals surface area contributed by atoms with Crippen LogP contribution < -0.4 is 5.32 Å². The van der Waals surface area contributed by atoms with E-state index in [9.17, 15) is 4.79 Å². The molecular weight excluding hydrogens is 324 g/mol. The summed E-state index contributed by atoms with van der Waals surface area (Å²) in [6.07, 6.45) is 0.0308. The van der Waals surface area contributed by atoms with E-state index >= 15 is 0 Å². The molecule has 7 heteroatoms. The number of nitrogens with one attached hydrogen (secondary N) is 1. The van der Waals surface area contributed by atoms with Gasteiger partial charge in [0.2, 0.25) is 0 Å². The lowest BCUT2D eigenvalue weighted by Gasteiger charge is -2.20. The maximum atomic E-state index is 11.8. The van der Waals surface area contributed by atoms with E-state index in [-0.39, 0.29) is 0 Å². The molecule has 1 N–H and O–H groups in total. The third-order valence-electron chi connectivity index (χ3n) is 2.25. The zero-order chi connectivity index (χ0) is 15.2. The number of ether oxygens (including phenoxy) is 1. The molecule has 0 radical (unpaired) electrons. The molecule has 0 unspecified atom stereocenters. The summed E-state index contributed by atoms with van der Waals surface area (Å²) in [7, 11) is 0. The minimum atomic E-state index is -0.554. The fourth-order valence-electron chi connectivity index (χ4n) is 1.51. The van der Waals surface area contributed by atoms with Crippen LogP contribution in [0.1, 0.15) is 26.3 Å². The highest BCUT2D eigenvalue weighted by atomic mass is 79.9. The number of carbonyl (C=O) groups is 1. The van der Waals surface area contributed by atoms with Gasteiger partial charge in [0.15, 0.2) is 0 Å². The van der Waals surface area contributed by atoms with Gasteiger partial charge in [0.25, 0.3) is 0 Å². The number of amides is 1. The summed E-state index contributed by atoms with van der Waals surface area (Å²) in [6.45, 7) is 5.74. The molecule has 0 spiro atoms. The second-order valence-corrected chi connectivity index (χ2v) is 6.05. The van der Waals surface area contributed by atoms with E-state index in [0.717, 1.165) is 10.0 Å². The van der Waals surface area contributed by atoms with Gasteiger partial charge in [-0.3, -0.25) is 5.32 Å². The molecule has 1 rings (SSSR count). The van der Waals surface area contributed by atoms with Crippen molar-refractivity contribution in [1.82, 2.24) is 0 Å². The molecule has 1 aromatic carbocycles. The minimum absolute atomic E-state index is 0.334. The molecule has 0 bridgehead atoms. The first-order valence-corrected chi connectivity index (χ1v) is 6.90. The van der Waals surface area contributed by atoms with E-state index in [1.165, 1.54) is 0 Å². The topological polar surface area (TPSA) is 87.1 Å². The predicted octanol–water partition coefficient (Wildman–Crippen LogP) is 4.65. The van der Waals surface area contributed by atoms with Crippen LogP contribution in [0.25, 0.3) is 10.4 Å². The summed E-state index contributed by atoms with van der Waals surface area (Å²) < 4.78 is 6.06. The van der Waals surface area contributed by atoms with Crippen LogP contribution in [0.5, 0.6) is 0 Å². The van der Waals surface area contributed by atoms with Crippen LogP contribution in [-0.2, 0) is 11.2 Å². The van der Waals surface area contributed by atoms with Crippen LogP contribution in [-0.4, -0.2) is 18.2 Å². The lowest BCUT2D eigenvalue weighted by Crippen LogP contribution is -2.27. The summed E-state index contributed by atoms with van der Waals surface area (Å²) in [5.74, 6) is 0. The van der Waals surface area contributed by atoms with Crippen molar-refractivity contribution in [2.45, 2.75) is 32.8 Å². The maximum absolute atomic E-state index is 11.8. The molecule has 20 heavy (non-hydrogen) atoms. The van der Waals surface area contributed by atoms with E-state index in [2.05, 4.69) is 31.3 Å². The number of nitrogens with zero attached hydrogens (tertiary/aromatic N) is 3. The van der Waals surface area contributed by atoms with Crippen molar-refractivity contribution >= 4 is 27.7 Å². The van der Waals surface area contributed by atoms with Crippen LogP contribution >= 0.6 is 15.9 Å². The first-order chi connectivity index (χ1) is 9.31.